The van der Waals surface area contributed by atoms with Crippen molar-refractivity contribution in [3.8, 4) is 0 Å². The van der Waals surface area contributed by atoms with Crippen LogP contribution in [0, 0.1) is 6.92 Å². The van der Waals surface area contributed by atoms with E-state index < -0.39 is 23.4 Å². The maximum atomic E-state index is 14.2. The Labute approximate surface area is 125 Å². The smallest absolute Gasteiger partial charge is 0.382 e. The molecule has 0 aromatic heterocycles. The Kier molecular flexibility index (Phi) is 5.71. The number of carbonyl (C=O) groups excluding carboxylic acids is 2. The van der Waals surface area contributed by atoms with Crippen LogP contribution in [0.15, 0.2) is 17.0 Å². The van der Waals surface area contributed by atoms with Gasteiger partial charge in [0.2, 0.25) is 0 Å². The average molecular weight is 318 g/mol. The van der Waals surface area contributed by atoms with Crippen molar-refractivity contribution in [2.24, 2.45) is 0 Å². The molecule has 1 aromatic rings. The zero-order chi connectivity index (χ0) is 16.2. The van der Waals surface area contributed by atoms with Gasteiger partial charge in [0, 0.05) is 10.5 Å². The summed E-state index contributed by atoms with van der Waals surface area (Å²) in [5.41, 5.74) is -0.0664. The second-order valence-corrected chi connectivity index (χ2v) is 5.00. The molecule has 0 bridgehead atoms. The SMILES string of the molecule is CCOC(=O)C(F)(F)c1cc(C(=O)OC)c(C)cc1SC. The number of benzene rings is 1. The molecule has 0 aliphatic heterocycles. The number of esters is 2. The molecular weight excluding hydrogens is 302 g/mol. The Morgan fingerprint density at radius 2 is 1.95 bits per heavy atom. The van der Waals surface area contributed by atoms with Crippen molar-refractivity contribution in [2.75, 3.05) is 20.0 Å². The number of hydrogen-bond donors (Lipinski definition) is 0. The number of alkyl halides is 2. The van der Waals surface area contributed by atoms with E-state index in [-0.39, 0.29) is 17.1 Å². The summed E-state index contributed by atoms with van der Waals surface area (Å²) >= 11 is 1.06. The molecule has 0 saturated carbocycles. The molecule has 0 amide bonds. The Morgan fingerprint density at radius 1 is 1.33 bits per heavy atom. The molecular formula is C14H16F2O4S. The van der Waals surface area contributed by atoms with E-state index in [1.807, 2.05) is 0 Å². The molecule has 0 fully saturated rings. The van der Waals surface area contributed by atoms with Crippen LogP contribution in [0.25, 0.3) is 0 Å². The minimum absolute atomic E-state index is 0.00530. The molecule has 1 aromatic carbocycles. The molecule has 1 rings (SSSR count). The molecule has 116 valence electrons. The zero-order valence-electron chi connectivity index (χ0n) is 12.2. The third-order valence-corrected chi connectivity index (χ3v) is 3.60. The molecule has 0 heterocycles. The molecule has 0 N–H and O–H groups in total. The summed E-state index contributed by atoms with van der Waals surface area (Å²) in [5.74, 6) is -6.20. The second-order valence-electron chi connectivity index (χ2n) is 4.15. The molecule has 0 radical (unpaired) electrons. The quantitative estimate of drug-likeness (QED) is 0.616. The maximum absolute atomic E-state index is 14.2. The van der Waals surface area contributed by atoms with Crippen LogP contribution < -0.4 is 0 Å². The summed E-state index contributed by atoms with van der Waals surface area (Å²) in [6.07, 6.45) is 1.61. The van der Waals surface area contributed by atoms with Gasteiger partial charge in [0.25, 0.3) is 0 Å². The summed E-state index contributed by atoms with van der Waals surface area (Å²) in [7, 11) is 1.16. The standard InChI is InChI=1S/C14H16F2O4S/c1-5-20-13(18)14(15,16)10-7-9(12(17)19-3)8(2)6-11(10)21-4/h6-7H,5H2,1-4H3. The van der Waals surface area contributed by atoms with Crippen LogP contribution in [0.4, 0.5) is 8.78 Å². The molecule has 21 heavy (non-hydrogen) atoms. The number of rotatable bonds is 5. The largest absolute Gasteiger partial charge is 0.465 e. The van der Waals surface area contributed by atoms with Gasteiger partial charge in [-0.05, 0) is 37.8 Å². The van der Waals surface area contributed by atoms with Gasteiger partial charge in [-0.1, -0.05) is 0 Å². The van der Waals surface area contributed by atoms with Crippen molar-refractivity contribution >= 4 is 23.7 Å². The number of halogens is 2. The first-order chi connectivity index (χ1) is 9.79. The molecule has 7 heteroatoms. The van der Waals surface area contributed by atoms with Crippen LogP contribution in [0.2, 0.25) is 0 Å². The number of aryl methyl sites for hydroxylation is 1. The number of thioether (sulfide) groups is 1. The lowest BCUT2D eigenvalue weighted by molar-refractivity contribution is -0.173. The molecule has 4 nitrogen and oxygen atoms in total. The van der Waals surface area contributed by atoms with Gasteiger partial charge in [-0.25, -0.2) is 9.59 Å². The fourth-order valence-corrected chi connectivity index (χ4v) is 2.46. The molecule has 0 atom stereocenters. The first-order valence-corrected chi connectivity index (χ1v) is 7.34. The molecule has 0 aliphatic carbocycles. The lowest BCUT2D eigenvalue weighted by atomic mass is 10.0. The predicted octanol–water partition coefficient (Wildman–Crippen LogP) is 3.16. The number of hydrogen-bond acceptors (Lipinski definition) is 5. The van der Waals surface area contributed by atoms with E-state index in [0.29, 0.717) is 5.56 Å². The monoisotopic (exact) mass is 318 g/mol. The molecule has 0 saturated heterocycles. The van der Waals surface area contributed by atoms with Gasteiger partial charge >= 0.3 is 17.9 Å². The van der Waals surface area contributed by atoms with Gasteiger partial charge in [-0.15, -0.1) is 11.8 Å². The fraction of sp³-hybridized carbons (Fsp3) is 0.429. The number of ether oxygens (including phenoxy) is 2. The van der Waals surface area contributed by atoms with E-state index >= 15 is 0 Å². The Morgan fingerprint density at radius 3 is 2.43 bits per heavy atom. The predicted molar refractivity (Wildman–Crippen MR) is 74.8 cm³/mol. The molecule has 0 spiro atoms. The first kappa shape index (κ1) is 17.4. The van der Waals surface area contributed by atoms with E-state index in [1.54, 1.807) is 13.2 Å². The van der Waals surface area contributed by atoms with E-state index in [1.165, 1.54) is 13.0 Å². The van der Waals surface area contributed by atoms with Crippen molar-refractivity contribution in [1.29, 1.82) is 0 Å². The summed E-state index contributed by atoms with van der Waals surface area (Å²) in [5, 5.41) is 0. The summed E-state index contributed by atoms with van der Waals surface area (Å²) in [6.45, 7) is 2.90. The minimum Gasteiger partial charge on any atom is -0.465 e. The van der Waals surface area contributed by atoms with Crippen LogP contribution >= 0.6 is 11.8 Å². The Hall–Kier alpha value is -1.63. The van der Waals surface area contributed by atoms with Crippen LogP contribution in [0.3, 0.4) is 0 Å². The van der Waals surface area contributed by atoms with Gasteiger partial charge < -0.3 is 9.47 Å². The third-order valence-electron chi connectivity index (χ3n) is 2.82. The van der Waals surface area contributed by atoms with Gasteiger partial charge in [-0.3, -0.25) is 0 Å². The van der Waals surface area contributed by atoms with Crippen molar-refractivity contribution in [3.63, 3.8) is 0 Å². The third kappa shape index (κ3) is 3.53. The highest BCUT2D eigenvalue weighted by atomic mass is 32.2. The Bertz CT molecular complexity index is 558. The van der Waals surface area contributed by atoms with Gasteiger partial charge in [0.05, 0.1) is 19.3 Å². The highest BCUT2D eigenvalue weighted by Gasteiger charge is 2.45. The normalized spacial score (nSPS) is 11.1. The van der Waals surface area contributed by atoms with E-state index in [2.05, 4.69) is 9.47 Å². The Balaban J connectivity index is 3.45. The summed E-state index contributed by atoms with van der Waals surface area (Å²) in [4.78, 5) is 23.3. The van der Waals surface area contributed by atoms with Crippen molar-refractivity contribution in [2.45, 2.75) is 24.7 Å². The van der Waals surface area contributed by atoms with Gasteiger partial charge in [0.15, 0.2) is 0 Å². The maximum Gasteiger partial charge on any atom is 0.382 e. The van der Waals surface area contributed by atoms with Crippen molar-refractivity contribution < 1.29 is 27.8 Å². The number of carbonyl (C=O) groups is 2. The lowest BCUT2D eigenvalue weighted by Gasteiger charge is -2.19. The van der Waals surface area contributed by atoms with Crippen LogP contribution in [-0.4, -0.2) is 31.9 Å². The van der Waals surface area contributed by atoms with Gasteiger partial charge in [-0.2, -0.15) is 8.78 Å². The summed E-state index contributed by atoms with van der Waals surface area (Å²) < 4.78 is 37.4. The average Bonchev–Trinajstić information content (AvgIpc) is 2.45. The zero-order valence-corrected chi connectivity index (χ0v) is 13.0. The lowest BCUT2D eigenvalue weighted by Crippen LogP contribution is -2.29. The van der Waals surface area contributed by atoms with E-state index in [4.69, 9.17) is 0 Å². The van der Waals surface area contributed by atoms with Gasteiger partial charge in [0.1, 0.15) is 0 Å². The van der Waals surface area contributed by atoms with Crippen LogP contribution in [-0.2, 0) is 20.2 Å². The van der Waals surface area contributed by atoms with E-state index in [0.717, 1.165) is 24.9 Å². The molecule has 0 unspecified atom stereocenters. The first-order valence-electron chi connectivity index (χ1n) is 6.12. The van der Waals surface area contributed by atoms with Crippen molar-refractivity contribution in [3.05, 3.63) is 28.8 Å². The van der Waals surface area contributed by atoms with Crippen molar-refractivity contribution in [1.82, 2.24) is 0 Å². The molecule has 0 aliphatic rings. The topological polar surface area (TPSA) is 52.6 Å². The minimum atomic E-state index is -3.83. The summed E-state index contributed by atoms with van der Waals surface area (Å²) in [6, 6.07) is 2.42. The number of methoxy groups -OCH3 is 1. The van der Waals surface area contributed by atoms with Crippen LogP contribution in [0.1, 0.15) is 28.4 Å². The van der Waals surface area contributed by atoms with E-state index in [9.17, 15) is 18.4 Å². The highest BCUT2D eigenvalue weighted by Crippen LogP contribution is 2.37. The fourth-order valence-electron chi connectivity index (χ4n) is 1.76. The highest BCUT2D eigenvalue weighted by molar-refractivity contribution is 7.98. The van der Waals surface area contributed by atoms with Crippen LogP contribution in [0.5, 0.6) is 0 Å². The second kappa shape index (κ2) is 6.89.